The van der Waals surface area contributed by atoms with Gasteiger partial charge >= 0.3 is 0 Å². The molecule has 0 spiro atoms. The molecule has 0 aromatic carbocycles. The highest BCUT2D eigenvalue weighted by atomic mass is 16.5. The van der Waals surface area contributed by atoms with E-state index >= 15 is 0 Å². The second-order valence-corrected chi connectivity index (χ2v) is 6.55. The number of amides is 1. The minimum atomic E-state index is -0.558. The maximum Gasteiger partial charge on any atom is 0.254 e. The maximum atomic E-state index is 11.5. The van der Waals surface area contributed by atoms with Gasteiger partial charge in [0.25, 0.3) is 5.91 Å². The summed E-state index contributed by atoms with van der Waals surface area (Å²) < 4.78 is 6.95. The predicted molar refractivity (Wildman–Crippen MR) is 95.7 cm³/mol. The normalized spacial score (nSPS) is 15.1. The van der Waals surface area contributed by atoms with E-state index in [9.17, 15) is 4.79 Å². The molecule has 0 atom stereocenters. The zero-order valence-electron chi connectivity index (χ0n) is 14.8. The highest BCUT2D eigenvalue weighted by Crippen LogP contribution is 2.33. The first-order valence-corrected chi connectivity index (χ1v) is 8.68. The number of nitrogens with two attached hydrogens (primary N) is 1. The molecular weight excluding hydrogens is 318 g/mol. The van der Waals surface area contributed by atoms with Crippen LogP contribution in [0.25, 0.3) is 0 Å². The smallest absolute Gasteiger partial charge is 0.254 e. The fraction of sp³-hybridized carbons (Fsp3) is 0.500. The van der Waals surface area contributed by atoms with E-state index in [1.165, 1.54) is 50.5 Å². The number of nitrogens with zero attached hydrogens (tertiary/aromatic N) is 3. The molecule has 1 fully saturated rings. The standard InChI is InChI=1S/C18H25N5O2/c1-23-11-13(16(22-23)12-6-4-3-5-7-12)9-20-14-8-15(17(19)24)18(25-2)21-10-14/h8,10-12,20H,3-7,9H2,1-2H3,(H2,19,24). The van der Waals surface area contributed by atoms with Crippen molar-refractivity contribution in [1.82, 2.24) is 14.8 Å². The molecule has 1 aliphatic carbocycles. The Morgan fingerprint density at radius 3 is 2.84 bits per heavy atom. The van der Waals surface area contributed by atoms with E-state index in [1.54, 1.807) is 12.3 Å². The van der Waals surface area contributed by atoms with E-state index in [4.69, 9.17) is 10.5 Å². The van der Waals surface area contributed by atoms with Crippen LogP contribution < -0.4 is 15.8 Å². The number of anilines is 1. The Morgan fingerprint density at radius 1 is 1.40 bits per heavy atom. The topological polar surface area (TPSA) is 95.1 Å². The Labute approximate surface area is 147 Å². The number of nitrogens with one attached hydrogen (secondary N) is 1. The molecule has 1 aliphatic rings. The average molecular weight is 343 g/mol. The summed E-state index contributed by atoms with van der Waals surface area (Å²) in [7, 11) is 3.42. The summed E-state index contributed by atoms with van der Waals surface area (Å²) in [6.45, 7) is 0.631. The predicted octanol–water partition coefficient (Wildman–Crippen LogP) is 2.58. The molecule has 0 aliphatic heterocycles. The molecule has 25 heavy (non-hydrogen) atoms. The molecule has 2 heterocycles. The van der Waals surface area contributed by atoms with Crippen molar-refractivity contribution in [2.75, 3.05) is 12.4 Å². The van der Waals surface area contributed by atoms with Gasteiger partial charge in [-0.3, -0.25) is 9.48 Å². The number of carbonyl (C=O) groups excluding carboxylic acids is 1. The van der Waals surface area contributed by atoms with Gasteiger partial charge in [-0.2, -0.15) is 5.10 Å². The summed E-state index contributed by atoms with van der Waals surface area (Å²) in [4.78, 5) is 15.7. The summed E-state index contributed by atoms with van der Waals surface area (Å²) in [5.74, 6) is 0.224. The first kappa shape index (κ1) is 17.3. The third-order valence-corrected chi connectivity index (χ3v) is 4.72. The van der Waals surface area contributed by atoms with Crippen molar-refractivity contribution >= 4 is 11.6 Å². The summed E-state index contributed by atoms with van der Waals surface area (Å²) in [5, 5.41) is 8.01. The molecule has 0 saturated heterocycles. The highest BCUT2D eigenvalue weighted by Gasteiger charge is 2.21. The third kappa shape index (κ3) is 3.92. The molecule has 3 N–H and O–H groups in total. The summed E-state index contributed by atoms with van der Waals surface area (Å²) >= 11 is 0. The van der Waals surface area contributed by atoms with Crippen LogP contribution in [-0.2, 0) is 13.6 Å². The van der Waals surface area contributed by atoms with Crippen LogP contribution in [0.3, 0.4) is 0 Å². The Kier molecular flexibility index (Phi) is 5.21. The van der Waals surface area contributed by atoms with Crippen LogP contribution >= 0.6 is 0 Å². The fourth-order valence-corrected chi connectivity index (χ4v) is 3.50. The second-order valence-electron chi connectivity index (χ2n) is 6.55. The lowest BCUT2D eigenvalue weighted by Gasteiger charge is -2.21. The number of primary amides is 1. The lowest BCUT2D eigenvalue weighted by Crippen LogP contribution is -2.14. The molecule has 0 radical (unpaired) electrons. The van der Waals surface area contributed by atoms with Crippen LogP contribution in [0.4, 0.5) is 5.69 Å². The number of ether oxygens (including phenoxy) is 1. The first-order valence-electron chi connectivity index (χ1n) is 8.68. The molecule has 7 nitrogen and oxygen atoms in total. The van der Waals surface area contributed by atoms with Gasteiger partial charge in [-0.15, -0.1) is 0 Å². The van der Waals surface area contributed by atoms with E-state index in [0.717, 1.165) is 5.69 Å². The fourth-order valence-electron chi connectivity index (χ4n) is 3.50. The lowest BCUT2D eigenvalue weighted by atomic mass is 9.85. The molecular formula is C18H25N5O2. The molecule has 1 amide bonds. The lowest BCUT2D eigenvalue weighted by molar-refractivity contribution is 0.0996. The zero-order valence-corrected chi connectivity index (χ0v) is 14.8. The van der Waals surface area contributed by atoms with Gasteiger partial charge in [-0.25, -0.2) is 4.98 Å². The molecule has 0 bridgehead atoms. The number of aromatic nitrogens is 3. The van der Waals surface area contributed by atoms with Gasteiger partial charge in [0.15, 0.2) is 0 Å². The third-order valence-electron chi connectivity index (χ3n) is 4.72. The number of hydrogen-bond acceptors (Lipinski definition) is 5. The second kappa shape index (κ2) is 7.55. The van der Waals surface area contributed by atoms with Crippen molar-refractivity contribution in [3.8, 4) is 5.88 Å². The van der Waals surface area contributed by atoms with Crippen LogP contribution in [0.15, 0.2) is 18.5 Å². The minimum absolute atomic E-state index is 0.238. The van der Waals surface area contributed by atoms with E-state index in [2.05, 4.69) is 21.6 Å². The average Bonchev–Trinajstić information content (AvgIpc) is 3.01. The molecule has 0 unspecified atom stereocenters. The summed E-state index contributed by atoms with van der Waals surface area (Å²) in [6.07, 6.45) is 9.99. The number of pyridine rings is 1. The zero-order chi connectivity index (χ0) is 17.8. The van der Waals surface area contributed by atoms with Crippen LogP contribution in [0.1, 0.15) is 59.6 Å². The Balaban J connectivity index is 1.75. The van der Waals surface area contributed by atoms with E-state index < -0.39 is 5.91 Å². The van der Waals surface area contributed by atoms with Gasteiger partial charge in [0.1, 0.15) is 5.56 Å². The number of hydrogen-bond donors (Lipinski definition) is 2. The van der Waals surface area contributed by atoms with Crippen molar-refractivity contribution in [1.29, 1.82) is 0 Å². The van der Waals surface area contributed by atoms with Crippen molar-refractivity contribution in [2.24, 2.45) is 12.8 Å². The van der Waals surface area contributed by atoms with Gasteiger partial charge in [0, 0.05) is 31.3 Å². The van der Waals surface area contributed by atoms with Gasteiger partial charge in [0.05, 0.1) is 24.7 Å². The molecule has 1 saturated carbocycles. The van der Waals surface area contributed by atoms with E-state index in [1.807, 2.05) is 11.7 Å². The van der Waals surface area contributed by atoms with E-state index in [0.29, 0.717) is 12.5 Å². The van der Waals surface area contributed by atoms with Gasteiger partial charge in [-0.1, -0.05) is 19.3 Å². The van der Waals surface area contributed by atoms with Crippen LogP contribution in [0.2, 0.25) is 0 Å². The number of rotatable bonds is 6. The molecule has 2 aromatic heterocycles. The molecule has 7 heteroatoms. The quantitative estimate of drug-likeness (QED) is 0.840. The Morgan fingerprint density at radius 2 is 2.16 bits per heavy atom. The van der Waals surface area contributed by atoms with Crippen LogP contribution in [0.5, 0.6) is 5.88 Å². The number of carbonyl (C=O) groups is 1. The van der Waals surface area contributed by atoms with Gasteiger partial charge in [-0.05, 0) is 18.9 Å². The van der Waals surface area contributed by atoms with Gasteiger partial charge < -0.3 is 15.8 Å². The monoisotopic (exact) mass is 343 g/mol. The van der Waals surface area contributed by atoms with E-state index in [-0.39, 0.29) is 11.4 Å². The van der Waals surface area contributed by atoms with Crippen molar-refractivity contribution < 1.29 is 9.53 Å². The highest BCUT2D eigenvalue weighted by molar-refractivity contribution is 5.95. The number of methoxy groups -OCH3 is 1. The minimum Gasteiger partial charge on any atom is -0.480 e. The first-order chi connectivity index (χ1) is 12.1. The number of aryl methyl sites for hydroxylation is 1. The molecule has 2 aromatic rings. The van der Waals surface area contributed by atoms with Crippen LogP contribution in [0, 0.1) is 0 Å². The largest absolute Gasteiger partial charge is 0.480 e. The van der Waals surface area contributed by atoms with Crippen molar-refractivity contribution in [3.05, 3.63) is 35.3 Å². The Bertz CT molecular complexity index is 750. The van der Waals surface area contributed by atoms with Crippen molar-refractivity contribution in [2.45, 2.75) is 44.6 Å². The summed E-state index contributed by atoms with van der Waals surface area (Å²) in [5.41, 5.74) is 8.76. The molecule has 134 valence electrons. The van der Waals surface area contributed by atoms with Crippen LogP contribution in [-0.4, -0.2) is 27.8 Å². The Hall–Kier alpha value is -2.57. The maximum absolute atomic E-state index is 11.5. The summed E-state index contributed by atoms with van der Waals surface area (Å²) in [6, 6.07) is 1.67. The van der Waals surface area contributed by atoms with Crippen molar-refractivity contribution in [3.63, 3.8) is 0 Å². The van der Waals surface area contributed by atoms with Gasteiger partial charge in [0.2, 0.25) is 5.88 Å². The molecule has 3 rings (SSSR count). The SMILES string of the molecule is COc1ncc(NCc2cn(C)nc2C2CCCCC2)cc1C(N)=O.